The second-order valence-electron chi connectivity index (χ2n) is 6.36. The van der Waals surface area contributed by atoms with Crippen molar-refractivity contribution >= 4 is 28.9 Å². The van der Waals surface area contributed by atoms with Gasteiger partial charge in [0, 0.05) is 16.9 Å². The highest BCUT2D eigenvalue weighted by Crippen LogP contribution is 2.30. The van der Waals surface area contributed by atoms with E-state index < -0.39 is 6.04 Å². The van der Waals surface area contributed by atoms with Gasteiger partial charge in [0.1, 0.15) is 5.82 Å². The van der Waals surface area contributed by atoms with Gasteiger partial charge in [0.05, 0.1) is 11.6 Å². The molecule has 1 amide bonds. The van der Waals surface area contributed by atoms with Crippen molar-refractivity contribution in [2.75, 3.05) is 5.32 Å². The normalized spacial score (nSPS) is 16.8. The van der Waals surface area contributed by atoms with Crippen molar-refractivity contribution in [2.45, 2.75) is 26.8 Å². The van der Waals surface area contributed by atoms with Crippen molar-refractivity contribution < 1.29 is 9.18 Å². The maximum atomic E-state index is 14.4. The zero-order valence-corrected chi connectivity index (χ0v) is 15.6. The molecule has 4 nitrogen and oxygen atoms in total. The lowest BCUT2D eigenvalue weighted by Crippen LogP contribution is -2.46. The Balaban J connectivity index is 2.00. The molecule has 3 rings (SSSR count). The Labute approximate surface area is 157 Å². The number of nitrogens with one attached hydrogen (secondary N) is 3. The third-order valence-corrected chi connectivity index (χ3v) is 4.59. The Morgan fingerprint density at radius 2 is 1.88 bits per heavy atom. The molecule has 2 aromatic rings. The van der Waals surface area contributed by atoms with Gasteiger partial charge in [0.25, 0.3) is 5.91 Å². The van der Waals surface area contributed by atoms with E-state index in [4.69, 9.17) is 12.2 Å². The first kappa shape index (κ1) is 18.1. The van der Waals surface area contributed by atoms with Crippen LogP contribution in [0.15, 0.2) is 53.7 Å². The molecule has 6 heteroatoms. The second kappa shape index (κ2) is 7.25. The molecule has 1 aliphatic rings. The molecule has 1 heterocycles. The van der Waals surface area contributed by atoms with Crippen molar-refractivity contribution in [3.63, 3.8) is 0 Å². The molecular formula is C20H20FN3OS. The van der Waals surface area contributed by atoms with Crippen molar-refractivity contribution in [3.8, 4) is 0 Å². The molecule has 2 aromatic carbocycles. The summed E-state index contributed by atoms with van der Waals surface area (Å²) in [6.07, 6.45) is 0. The van der Waals surface area contributed by atoms with Gasteiger partial charge in [-0.3, -0.25) is 4.79 Å². The average molecular weight is 369 g/mol. The molecule has 0 aromatic heterocycles. The highest BCUT2D eigenvalue weighted by Gasteiger charge is 2.31. The summed E-state index contributed by atoms with van der Waals surface area (Å²) in [5.74, 6) is -0.688. The first-order valence-corrected chi connectivity index (χ1v) is 8.69. The fraction of sp³-hybridized carbons (Fsp3) is 0.200. The molecule has 0 radical (unpaired) electrons. The topological polar surface area (TPSA) is 53.2 Å². The molecule has 3 N–H and O–H groups in total. The van der Waals surface area contributed by atoms with E-state index in [1.54, 1.807) is 25.1 Å². The minimum Gasteiger partial charge on any atom is -0.351 e. The molecule has 1 aliphatic heterocycles. The number of rotatable bonds is 3. The fourth-order valence-electron chi connectivity index (χ4n) is 3.00. The Hall–Kier alpha value is -2.73. The van der Waals surface area contributed by atoms with Gasteiger partial charge in [-0.2, -0.15) is 0 Å². The number of halogens is 1. The summed E-state index contributed by atoms with van der Waals surface area (Å²) < 4.78 is 14.4. The maximum absolute atomic E-state index is 14.4. The molecule has 26 heavy (non-hydrogen) atoms. The summed E-state index contributed by atoms with van der Waals surface area (Å²) >= 11 is 5.20. The van der Waals surface area contributed by atoms with Crippen LogP contribution in [0.25, 0.3) is 0 Å². The molecule has 1 unspecified atom stereocenters. The van der Waals surface area contributed by atoms with Gasteiger partial charge < -0.3 is 16.0 Å². The molecule has 0 spiro atoms. The fourth-order valence-corrected chi connectivity index (χ4v) is 3.27. The van der Waals surface area contributed by atoms with Crippen LogP contribution in [0.2, 0.25) is 0 Å². The van der Waals surface area contributed by atoms with Gasteiger partial charge in [0.2, 0.25) is 0 Å². The number of allylic oxidation sites excluding steroid dienone is 1. The molecule has 0 aliphatic carbocycles. The zero-order chi connectivity index (χ0) is 18.8. The molecule has 0 bridgehead atoms. The predicted octanol–water partition coefficient (Wildman–Crippen LogP) is 3.87. The van der Waals surface area contributed by atoms with Crippen LogP contribution in [0.1, 0.15) is 29.7 Å². The van der Waals surface area contributed by atoms with E-state index in [2.05, 4.69) is 16.0 Å². The van der Waals surface area contributed by atoms with E-state index in [-0.39, 0.29) is 11.7 Å². The summed E-state index contributed by atoms with van der Waals surface area (Å²) in [7, 11) is 0. The van der Waals surface area contributed by atoms with Crippen molar-refractivity contribution in [1.29, 1.82) is 0 Å². The molecule has 0 saturated heterocycles. The molecule has 134 valence electrons. The third kappa shape index (κ3) is 3.60. The first-order valence-electron chi connectivity index (χ1n) is 8.28. The lowest BCUT2D eigenvalue weighted by Gasteiger charge is -2.30. The van der Waals surface area contributed by atoms with Crippen LogP contribution in [0.3, 0.4) is 0 Å². The Bertz CT molecular complexity index is 923. The van der Waals surface area contributed by atoms with Gasteiger partial charge in [-0.15, -0.1) is 0 Å². The van der Waals surface area contributed by atoms with E-state index in [0.717, 1.165) is 16.8 Å². The second-order valence-corrected chi connectivity index (χ2v) is 6.77. The van der Waals surface area contributed by atoms with Gasteiger partial charge >= 0.3 is 0 Å². The number of hydrogen-bond donors (Lipinski definition) is 3. The summed E-state index contributed by atoms with van der Waals surface area (Å²) in [4.78, 5) is 13.0. The number of carbonyl (C=O) groups is 1. The number of thiocarbonyl (C=S) groups is 1. The van der Waals surface area contributed by atoms with Crippen LogP contribution < -0.4 is 16.0 Å². The summed E-state index contributed by atoms with van der Waals surface area (Å²) in [6, 6.07) is 11.6. The number of anilines is 1. The molecule has 0 saturated carbocycles. The number of amides is 1. The Kier molecular flexibility index (Phi) is 5.04. The quantitative estimate of drug-likeness (QED) is 0.719. The maximum Gasteiger partial charge on any atom is 0.255 e. The Morgan fingerprint density at radius 3 is 2.62 bits per heavy atom. The van der Waals surface area contributed by atoms with Crippen LogP contribution >= 0.6 is 12.2 Å². The van der Waals surface area contributed by atoms with Crippen LogP contribution in [0, 0.1) is 19.7 Å². The van der Waals surface area contributed by atoms with Crippen molar-refractivity contribution in [3.05, 3.63) is 76.2 Å². The van der Waals surface area contributed by atoms with Crippen molar-refractivity contribution in [1.82, 2.24) is 10.6 Å². The van der Waals surface area contributed by atoms with E-state index >= 15 is 0 Å². The monoisotopic (exact) mass is 369 g/mol. The third-order valence-electron chi connectivity index (χ3n) is 4.37. The van der Waals surface area contributed by atoms with Gasteiger partial charge in [-0.25, -0.2) is 4.39 Å². The average Bonchev–Trinajstić information content (AvgIpc) is 2.57. The van der Waals surface area contributed by atoms with Crippen LogP contribution in [0.5, 0.6) is 0 Å². The van der Waals surface area contributed by atoms with E-state index in [9.17, 15) is 9.18 Å². The highest BCUT2D eigenvalue weighted by atomic mass is 32.1. The zero-order valence-electron chi connectivity index (χ0n) is 14.8. The molecule has 1 atom stereocenters. The van der Waals surface area contributed by atoms with Crippen molar-refractivity contribution in [2.24, 2.45) is 0 Å². The summed E-state index contributed by atoms with van der Waals surface area (Å²) in [6.45, 7) is 5.65. The van der Waals surface area contributed by atoms with E-state index in [0.29, 0.717) is 21.9 Å². The SMILES string of the molecule is CC1=C(C(=O)Nc2cc(C)ccc2C)C(c2ccccc2F)NC(=S)N1. The summed E-state index contributed by atoms with van der Waals surface area (Å²) in [5, 5.41) is 9.27. The minimum atomic E-state index is -0.657. The Morgan fingerprint density at radius 1 is 1.15 bits per heavy atom. The number of benzene rings is 2. The number of hydrogen-bond acceptors (Lipinski definition) is 2. The largest absolute Gasteiger partial charge is 0.351 e. The lowest BCUT2D eigenvalue weighted by atomic mass is 9.94. The van der Waals surface area contributed by atoms with Crippen LogP contribution in [0.4, 0.5) is 10.1 Å². The smallest absolute Gasteiger partial charge is 0.255 e. The number of carbonyl (C=O) groups excluding carboxylic acids is 1. The standard InChI is InChI=1S/C20H20FN3OS/c1-11-8-9-12(2)16(10-11)23-19(25)17-13(3)22-20(26)24-18(17)14-6-4-5-7-15(14)21/h4-10,18H,1-3H3,(H,23,25)(H2,22,24,26). The van der Waals surface area contributed by atoms with Gasteiger partial charge in [-0.1, -0.05) is 30.3 Å². The van der Waals surface area contributed by atoms with E-state index in [1.165, 1.54) is 6.07 Å². The minimum absolute atomic E-state index is 0.299. The predicted molar refractivity (Wildman–Crippen MR) is 105 cm³/mol. The lowest BCUT2D eigenvalue weighted by molar-refractivity contribution is -0.113. The molecule has 0 fully saturated rings. The van der Waals surface area contributed by atoms with Gasteiger partial charge in [-0.05, 0) is 56.2 Å². The molecular weight excluding hydrogens is 349 g/mol. The van der Waals surface area contributed by atoms with Crippen LogP contribution in [-0.2, 0) is 4.79 Å². The summed E-state index contributed by atoms with van der Waals surface area (Å²) in [5.41, 5.74) is 4.12. The van der Waals surface area contributed by atoms with E-state index in [1.807, 2.05) is 32.0 Å². The van der Waals surface area contributed by atoms with Crippen LogP contribution in [-0.4, -0.2) is 11.0 Å². The van der Waals surface area contributed by atoms with Gasteiger partial charge in [0.15, 0.2) is 5.11 Å². The number of aryl methyl sites for hydroxylation is 2. The highest BCUT2D eigenvalue weighted by molar-refractivity contribution is 7.80. The first-order chi connectivity index (χ1) is 12.4.